The lowest BCUT2D eigenvalue weighted by molar-refractivity contribution is 0.571. The van der Waals surface area contributed by atoms with Gasteiger partial charge in [0.15, 0.2) is 0 Å². The van der Waals surface area contributed by atoms with E-state index in [1.165, 1.54) is 19.3 Å². The Hall–Kier alpha value is -0.890. The first-order valence-electron chi connectivity index (χ1n) is 5.01. The van der Waals surface area contributed by atoms with Gasteiger partial charge in [-0.2, -0.15) is 0 Å². The fraction of sp³-hybridized carbons (Fsp3) is 0.545. The highest BCUT2D eigenvalue weighted by Crippen LogP contribution is 2.14. The molecule has 2 N–H and O–H groups in total. The molecule has 1 heterocycles. The molecule has 1 rings (SSSR count). The van der Waals surface area contributed by atoms with Crippen LogP contribution in [0, 0.1) is 0 Å². The number of aromatic nitrogens is 1. The van der Waals surface area contributed by atoms with Crippen LogP contribution in [-0.2, 0) is 0 Å². The van der Waals surface area contributed by atoms with Crippen LogP contribution in [0.4, 0.5) is 0 Å². The van der Waals surface area contributed by atoms with Gasteiger partial charge in [0, 0.05) is 12.2 Å². The first kappa shape index (κ1) is 10.2. The van der Waals surface area contributed by atoms with Crippen LogP contribution < -0.4 is 5.73 Å². The van der Waals surface area contributed by atoms with Crippen molar-refractivity contribution in [1.29, 1.82) is 0 Å². The van der Waals surface area contributed by atoms with Gasteiger partial charge in [-0.25, -0.2) is 0 Å². The molecule has 2 nitrogen and oxygen atoms in total. The molecular weight excluding hydrogens is 160 g/mol. The summed E-state index contributed by atoms with van der Waals surface area (Å²) < 4.78 is 0. The van der Waals surface area contributed by atoms with Crippen molar-refractivity contribution in [3.8, 4) is 0 Å². The molecule has 2 heteroatoms. The van der Waals surface area contributed by atoms with Gasteiger partial charge < -0.3 is 5.73 Å². The second-order valence-electron chi connectivity index (χ2n) is 3.36. The fourth-order valence-corrected chi connectivity index (χ4v) is 1.36. The smallest absolute Gasteiger partial charge is 0.0570 e. The van der Waals surface area contributed by atoms with Crippen molar-refractivity contribution in [3.05, 3.63) is 30.1 Å². The third-order valence-corrected chi connectivity index (χ3v) is 2.19. The SMILES string of the molecule is CCCCCC(N)c1ccccn1. The average Bonchev–Trinajstić information content (AvgIpc) is 2.19. The van der Waals surface area contributed by atoms with Crippen molar-refractivity contribution in [2.45, 2.75) is 38.6 Å². The van der Waals surface area contributed by atoms with Crippen molar-refractivity contribution >= 4 is 0 Å². The lowest BCUT2D eigenvalue weighted by Crippen LogP contribution is -2.11. The van der Waals surface area contributed by atoms with Crippen LogP contribution >= 0.6 is 0 Å². The zero-order chi connectivity index (χ0) is 9.52. The third-order valence-electron chi connectivity index (χ3n) is 2.19. The first-order valence-corrected chi connectivity index (χ1v) is 5.01. The Bertz CT molecular complexity index is 221. The zero-order valence-corrected chi connectivity index (χ0v) is 8.24. The molecule has 0 aliphatic carbocycles. The van der Waals surface area contributed by atoms with E-state index in [1.54, 1.807) is 6.20 Å². The number of rotatable bonds is 5. The van der Waals surface area contributed by atoms with Crippen LogP contribution in [0.5, 0.6) is 0 Å². The molecular formula is C11H18N2. The molecule has 1 aromatic rings. The van der Waals surface area contributed by atoms with Crippen molar-refractivity contribution in [2.75, 3.05) is 0 Å². The van der Waals surface area contributed by atoms with E-state index in [9.17, 15) is 0 Å². The van der Waals surface area contributed by atoms with Gasteiger partial charge in [-0.3, -0.25) is 4.98 Å². The Morgan fingerprint density at radius 1 is 1.38 bits per heavy atom. The Balaban J connectivity index is 2.35. The van der Waals surface area contributed by atoms with E-state index < -0.39 is 0 Å². The number of unbranched alkanes of at least 4 members (excludes halogenated alkanes) is 2. The van der Waals surface area contributed by atoms with Crippen molar-refractivity contribution in [1.82, 2.24) is 4.98 Å². The maximum atomic E-state index is 5.97. The number of nitrogens with two attached hydrogens (primary N) is 1. The topological polar surface area (TPSA) is 38.9 Å². The predicted molar refractivity (Wildman–Crippen MR) is 55.3 cm³/mol. The lowest BCUT2D eigenvalue weighted by atomic mass is 10.1. The molecule has 0 aromatic carbocycles. The molecule has 0 saturated carbocycles. The highest BCUT2D eigenvalue weighted by molar-refractivity contribution is 5.07. The van der Waals surface area contributed by atoms with E-state index in [2.05, 4.69) is 11.9 Å². The van der Waals surface area contributed by atoms with Crippen LogP contribution in [-0.4, -0.2) is 4.98 Å². The minimum atomic E-state index is 0.118. The van der Waals surface area contributed by atoms with Crippen LogP contribution in [0.15, 0.2) is 24.4 Å². The van der Waals surface area contributed by atoms with Gasteiger partial charge >= 0.3 is 0 Å². The summed E-state index contributed by atoms with van der Waals surface area (Å²) in [7, 11) is 0. The summed E-state index contributed by atoms with van der Waals surface area (Å²) in [6, 6.07) is 6.02. The maximum Gasteiger partial charge on any atom is 0.0570 e. The Morgan fingerprint density at radius 3 is 2.85 bits per heavy atom. The summed E-state index contributed by atoms with van der Waals surface area (Å²) in [5.41, 5.74) is 6.99. The number of pyridine rings is 1. The van der Waals surface area contributed by atoms with Gasteiger partial charge in [0.1, 0.15) is 0 Å². The van der Waals surface area contributed by atoms with Gasteiger partial charge in [-0.1, -0.05) is 32.3 Å². The molecule has 0 radical (unpaired) electrons. The van der Waals surface area contributed by atoms with Crippen LogP contribution in [0.3, 0.4) is 0 Å². The molecule has 0 aliphatic rings. The molecule has 0 fully saturated rings. The monoisotopic (exact) mass is 178 g/mol. The molecule has 0 spiro atoms. The van der Waals surface area contributed by atoms with Crippen molar-refractivity contribution in [2.24, 2.45) is 5.73 Å². The maximum absolute atomic E-state index is 5.97. The van der Waals surface area contributed by atoms with E-state index in [0.717, 1.165) is 12.1 Å². The van der Waals surface area contributed by atoms with Gasteiger partial charge in [-0.15, -0.1) is 0 Å². The van der Waals surface area contributed by atoms with Gasteiger partial charge in [0.25, 0.3) is 0 Å². The summed E-state index contributed by atoms with van der Waals surface area (Å²) in [5, 5.41) is 0. The van der Waals surface area contributed by atoms with E-state index in [-0.39, 0.29) is 6.04 Å². The molecule has 1 aromatic heterocycles. The van der Waals surface area contributed by atoms with Gasteiger partial charge in [-0.05, 0) is 18.6 Å². The quantitative estimate of drug-likeness (QED) is 0.704. The number of nitrogens with zero attached hydrogens (tertiary/aromatic N) is 1. The predicted octanol–water partition coefficient (Wildman–Crippen LogP) is 2.66. The first-order chi connectivity index (χ1) is 6.34. The molecule has 72 valence electrons. The number of hydrogen-bond donors (Lipinski definition) is 1. The minimum Gasteiger partial charge on any atom is -0.323 e. The average molecular weight is 178 g/mol. The second kappa shape index (κ2) is 5.70. The van der Waals surface area contributed by atoms with Crippen molar-refractivity contribution in [3.63, 3.8) is 0 Å². The molecule has 1 unspecified atom stereocenters. The summed E-state index contributed by atoms with van der Waals surface area (Å²) in [4.78, 5) is 4.23. The van der Waals surface area contributed by atoms with Crippen LogP contribution in [0.25, 0.3) is 0 Å². The number of hydrogen-bond acceptors (Lipinski definition) is 2. The highest BCUT2D eigenvalue weighted by atomic mass is 14.8. The van der Waals surface area contributed by atoms with E-state index in [1.807, 2.05) is 18.2 Å². The summed E-state index contributed by atoms with van der Waals surface area (Å²) in [6.45, 7) is 2.20. The third kappa shape index (κ3) is 3.55. The molecule has 0 amide bonds. The molecule has 0 bridgehead atoms. The summed E-state index contributed by atoms with van der Waals surface area (Å²) >= 11 is 0. The van der Waals surface area contributed by atoms with Crippen molar-refractivity contribution < 1.29 is 0 Å². The second-order valence-corrected chi connectivity index (χ2v) is 3.36. The Kier molecular flexibility index (Phi) is 4.47. The fourth-order valence-electron chi connectivity index (χ4n) is 1.36. The summed E-state index contributed by atoms with van der Waals surface area (Å²) in [6.07, 6.45) is 6.56. The Labute approximate surface area is 80.2 Å². The normalized spacial score (nSPS) is 12.8. The largest absolute Gasteiger partial charge is 0.323 e. The van der Waals surface area contributed by atoms with Gasteiger partial charge in [0.05, 0.1) is 5.69 Å². The van der Waals surface area contributed by atoms with E-state index in [4.69, 9.17) is 5.73 Å². The van der Waals surface area contributed by atoms with Crippen LogP contribution in [0.2, 0.25) is 0 Å². The molecule has 0 aliphatic heterocycles. The lowest BCUT2D eigenvalue weighted by Gasteiger charge is -2.09. The molecule has 0 saturated heterocycles. The standard InChI is InChI=1S/C11H18N2/c1-2-3-4-7-10(12)11-8-5-6-9-13-11/h5-6,8-10H,2-4,7,12H2,1H3. The van der Waals surface area contributed by atoms with E-state index in [0.29, 0.717) is 0 Å². The summed E-state index contributed by atoms with van der Waals surface area (Å²) in [5.74, 6) is 0. The minimum absolute atomic E-state index is 0.118. The Morgan fingerprint density at radius 2 is 2.23 bits per heavy atom. The molecule has 13 heavy (non-hydrogen) atoms. The zero-order valence-electron chi connectivity index (χ0n) is 8.24. The highest BCUT2D eigenvalue weighted by Gasteiger charge is 2.04. The molecule has 1 atom stereocenters. The van der Waals surface area contributed by atoms with E-state index >= 15 is 0 Å². The van der Waals surface area contributed by atoms with Crippen LogP contribution in [0.1, 0.15) is 44.3 Å². The van der Waals surface area contributed by atoms with Gasteiger partial charge in [0.2, 0.25) is 0 Å².